The molecule has 0 aromatic rings. The third kappa shape index (κ3) is 41.7. The van der Waals surface area contributed by atoms with Gasteiger partial charge in [-0.25, -0.2) is 0 Å². The maximum Gasteiger partial charge on any atom is 0.311 e. The normalized spacial score (nSPS) is 13.0. The molecule has 1 unspecified atom stereocenters. The Morgan fingerprint density at radius 1 is 0.711 bits per heavy atom. The Morgan fingerprint density at radius 2 is 1.04 bits per heavy atom. The average molecular weight is 707 g/mol. The van der Waals surface area contributed by atoms with Crippen LogP contribution >= 0.6 is 0 Å². The average Bonchev–Trinajstić information content (AvgIpc) is 2.87. The van der Waals surface area contributed by atoms with Gasteiger partial charge in [-0.05, 0) is 78.2 Å². The molecule has 0 spiro atoms. The molecule has 0 bridgehead atoms. The number of nitrogens with two attached hydrogens (primary N) is 1. The maximum absolute atomic E-state index is 10.1. The lowest BCUT2D eigenvalue weighted by molar-refractivity contribution is -0.873. The van der Waals surface area contributed by atoms with Gasteiger partial charge >= 0.3 is 8.56 Å². The Hall–Kier alpha value is -0.319. The number of carboxylic acids is 1. The van der Waals surface area contributed by atoms with Crippen molar-refractivity contribution in [2.75, 3.05) is 107 Å². The van der Waals surface area contributed by atoms with Crippen molar-refractivity contribution in [1.29, 1.82) is 0 Å². The molecule has 0 saturated carbocycles. The zero-order valence-corrected chi connectivity index (χ0v) is 33.5. The quantitative estimate of drug-likeness (QED) is 0.0638. The molecule has 16 heteroatoms. The van der Waals surface area contributed by atoms with Gasteiger partial charge in [0.2, 0.25) is 0 Å². The standard InChI is InChI=1S/C26H62NO9Si3.C2H4O2.CH5N/c1-27(2,3)24-26(29)25-34-14-11-23-38(6,7)36-39(8,9)35-37(4,5)22-10-13-30-16-18-32-20-21-33-19-17-31-15-12-28;1-2(3)4;1-2/h26,28-29H,10-25H2,1-9H3;1H3,(H,3,4);2H2,1H3/q+1;;/p-1. The van der Waals surface area contributed by atoms with Gasteiger partial charge in [-0.1, -0.05) is 0 Å². The van der Waals surface area contributed by atoms with Crippen LogP contribution in [-0.4, -0.2) is 159 Å². The smallest absolute Gasteiger partial charge is 0.311 e. The van der Waals surface area contributed by atoms with Gasteiger partial charge in [-0.15, -0.1) is 0 Å². The minimum Gasteiger partial charge on any atom is -0.550 e. The van der Waals surface area contributed by atoms with E-state index in [4.69, 9.17) is 46.9 Å². The Balaban J connectivity index is -0.00000270. The minimum absolute atomic E-state index is 0.0341. The van der Waals surface area contributed by atoms with Gasteiger partial charge in [-0.2, -0.15) is 0 Å². The SMILES string of the molecule is CC(=O)[O-].CN.C[N+](C)(C)CC(O)COCCC[Si](C)(C)O[Si](C)(C)O[Si](C)(C)CCCOCCOCCOCCOCCO. The predicted molar refractivity (Wildman–Crippen MR) is 184 cm³/mol. The number of carbonyl (C=O) groups is 1. The van der Waals surface area contributed by atoms with Crippen LogP contribution in [0.1, 0.15) is 19.8 Å². The fraction of sp³-hybridized carbons (Fsp3) is 0.966. The molecule has 0 aliphatic carbocycles. The molecule has 0 aliphatic heterocycles. The van der Waals surface area contributed by atoms with E-state index in [0.717, 1.165) is 36.3 Å². The summed E-state index contributed by atoms with van der Waals surface area (Å²) in [5.74, 6) is -1.08. The van der Waals surface area contributed by atoms with Crippen LogP contribution in [0.15, 0.2) is 0 Å². The lowest BCUT2D eigenvalue weighted by Gasteiger charge is -2.38. The number of rotatable bonds is 27. The minimum atomic E-state index is -2.25. The van der Waals surface area contributed by atoms with Gasteiger partial charge in [0.05, 0.1) is 80.6 Å². The molecule has 45 heavy (non-hydrogen) atoms. The number of ether oxygens (including phenoxy) is 5. The summed E-state index contributed by atoms with van der Waals surface area (Å²) < 4.78 is 41.6. The van der Waals surface area contributed by atoms with E-state index in [2.05, 4.69) is 66.2 Å². The maximum atomic E-state index is 10.1. The summed E-state index contributed by atoms with van der Waals surface area (Å²) >= 11 is 0. The molecule has 0 radical (unpaired) electrons. The van der Waals surface area contributed by atoms with Gasteiger partial charge in [-0.3, -0.25) is 0 Å². The molecule has 1 atom stereocenters. The van der Waals surface area contributed by atoms with E-state index in [1.165, 1.54) is 7.05 Å². The van der Waals surface area contributed by atoms with Crippen molar-refractivity contribution in [2.45, 2.75) is 77.2 Å². The van der Waals surface area contributed by atoms with E-state index in [0.29, 0.717) is 72.6 Å². The third-order valence-electron chi connectivity index (χ3n) is 5.60. The first-order chi connectivity index (χ1) is 20.8. The zero-order chi connectivity index (χ0) is 35.4. The van der Waals surface area contributed by atoms with Gasteiger partial charge in [0, 0.05) is 19.2 Å². The number of hydrogen-bond donors (Lipinski definition) is 3. The molecule has 0 heterocycles. The molecule has 0 aliphatic rings. The number of aliphatic hydroxyl groups is 2. The second kappa shape index (κ2) is 28.7. The number of quaternary nitrogens is 1. The lowest BCUT2D eigenvalue weighted by Crippen LogP contribution is -2.52. The Morgan fingerprint density at radius 3 is 1.40 bits per heavy atom. The van der Waals surface area contributed by atoms with E-state index in [9.17, 15) is 5.11 Å². The molecule has 0 amide bonds. The van der Waals surface area contributed by atoms with Crippen LogP contribution in [0.4, 0.5) is 0 Å². The van der Waals surface area contributed by atoms with Crippen molar-refractivity contribution in [3.8, 4) is 0 Å². The first kappa shape index (κ1) is 49.1. The van der Waals surface area contributed by atoms with E-state index in [1.807, 2.05) is 0 Å². The number of carboxylic acid groups (broad SMARTS) is 1. The summed E-state index contributed by atoms with van der Waals surface area (Å²) in [4.78, 5) is 8.89. The molecule has 0 rings (SSSR count). The highest BCUT2D eigenvalue weighted by Crippen LogP contribution is 2.26. The molecule has 0 aromatic carbocycles. The third-order valence-corrected chi connectivity index (χ3v) is 17.1. The molecule has 0 aromatic heterocycles. The molecule has 274 valence electrons. The summed E-state index contributed by atoms with van der Waals surface area (Å²) in [6.07, 6.45) is 1.48. The predicted octanol–water partition coefficient (Wildman–Crippen LogP) is 1.39. The summed E-state index contributed by atoms with van der Waals surface area (Å²) in [5, 5.41) is 27.6. The lowest BCUT2D eigenvalue weighted by atomic mass is 10.3. The van der Waals surface area contributed by atoms with Crippen LogP contribution in [0, 0.1) is 0 Å². The number of aliphatic carboxylic acids is 1. The topological polar surface area (TPSA) is 171 Å². The zero-order valence-electron chi connectivity index (χ0n) is 30.5. The van der Waals surface area contributed by atoms with Gasteiger partial charge < -0.3 is 62.2 Å². The van der Waals surface area contributed by atoms with Crippen LogP contribution in [0.3, 0.4) is 0 Å². The van der Waals surface area contributed by atoms with Crippen molar-refractivity contribution in [3.05, 3.63) is 0 Å². The molecule has 0 saturated heterocycles. The Labute approximate surface area is 277 Å². The van der Waals surface area contributed by atoms with Gasteiger partial charge in [0.1, 0.15) is 12.6 Å². The number of hydrogen-bond acceptors (Lipinski definition) is 12. The van der Waals surface area contributed by atoms with E-state index in [-0.39, 0.29) is 6.61 Å². The summed E-state index contributed by atoms with van der Waals surface area (Å²) in [6.45, 7) is 20.4. The van der Waals surface area contributed by atoms with Crippen LogP contribution < -0.4 is 10.8 Å². The fourth-order valence-corrected chi connectivity index (χ4v) is 18.4. The van der Waals surface area contributed by atoms with E-state index in [1.54, 1.807) is 0 Å². The molecule has 13 nitrogen and oxygen atoms in total. The fourth-order valence-electron chi connectivity index (χ4n) is 4.38. The largest absolute Gasteiger partial charge is 0.550 e. The number of aliphatic hydroxyl groups excluding tert-OH is 2. The second-order valence-corrected chi connectivity index (χ2v) is 25.7. The number of likely N-dealkylation sites (N-methyl/N-ethyl adjacent to an activating group) is 1. The molecule has 4 N–H and O–H groups in total. The van der Waals surface area contributed by atoms with Crippen LogP contribution in [0.2, 0.25) is 51.4 Å². The van der Waals surface area contributed by atoms with E-state index >= 15 is 0 Å². The second-order valence-electron chi connectivity index (χ2n) is 13.2. The van der Waals surface area contributed by atoms with Crippen molar-refractivity contribution >= 4 is 31.2 Å². The highest BCUT2D eigenvalue weighted by Gasteiger charge is 2.39. The first-order valence-electron chi connectivity index (χ1n) is 15.9. The van der Waals surface area contributed by atoms with E-state index < -0.39 is 37.3 Å². The van der Waals surface area contributed by atoms with Gasteiger partial charge in [0.25, 0.3) is 0 Å². The van der Waals surface area contributed by atoms with Crippen molar-refractivity contribution in [3.63, 3.8) is 0 Å². The summed E-state index contributed by atoms with van der Waals surface area (Å²) in [6, 6.07) is 2.05. The number of nitrogens with zero attached hydrogens (tertiary/aromatic N) is 1. The monoisotopic (exact) mass is 706 g/mol. The first-order valence-corrected chi connectivity index (χ1v) is 25.0. The Bertz CT molecular complexity index is 682. The number of carbonyl (C=O) groups excluding carboxylic acids is 1. The van der Waals surface area contributed by atoms with Crippen molar-refractivity contribution in [2.24, 2.45) is 5.73 Å². The molecular formula is C29H70N2O11Si3. The van der Waals surface area contributed by atoms with Crippen molar-refractivity contribution in [1.82, 2.24) is 0 Å². The summed E-state index contributed by atoms with van der Waals surface area (Å²) in [7, 11) is 1.72. The van der Waals surface area contributed by atoms with Crippen LogP contribution in [0.5, 0.6) is 0 Å². The van der Waals surface area contributed by atoms with Crippen LogP contribution in [0.25, 0.3) is 0 Å². The highest BCUT2D eigenvalue weighted by molar-refractivity contribution is 6.87. The van der Waals surface area contributed by atoms with Gasteiger partial charge in [0.15, 0.2) is 16.6 Å². The van der Waals surface area contributed by atoms with Crippen molar-refractivity contribution < 1.29 is 56.5 Å². The molecular weight excluding hydrogens is 637 g/mol. The Kier molecular flexibility index (Phi) is 31.3. The summed E-state index contributed by atoms with van der Waals surface area (Å²) in [5.41, 5.74) is 4.50. The van der Waals surface area contributed by atoms with Crippen LogP contribution in [-0.2, 0) is 36.7 Å². The molecule has 0 fully saturated rings. The highest BCUT2D eigenvalue weighted by atomic mass is 28.5.